The summed E-state index contributed by atoms with van der Waals surface area (Å²) in [5, 5.41) is 4.95. The first-order valence-corrected chi connectivity index (χ1v) is 5.67. The second-order valence-corrected chi connectivity index (χ2v) is 5.27. The molecule has 10 heavy (non-hydrogen) atoms. The summed E-state index contributed by atoms with van der Waals surface area (Å²) >= 11 is 3.48. The predicted molar refractivity (Wildman–Crippen MR) is 42.1 cm³/mol. The lowest BCUT2D eigenvalue weighted by atomic mass is 10.4. The molecular weight excluding hydrogens is 170 g/mol. The smallest absolute Gasteiger partial charge is 0.471 e. The number of hydrogen-bond donors (Lipinski definition) is 3. The zero-order valence-corrected chi connectivity index (χ0v) is 7.39. The fourth-order valence-corrected chi connectivity index (χ4v) is 0.919. The van der Waals surface area contributed by atoms with Crippen molar-refractivity contribution in [2.45, 2.75) is 6.92 Å². The molecule has 0 rings (SSSR count). The molecule has 6 heteroatoms. The van der Waals surface area contributed by atoms with Gasteiger partial charge in [-0.2, -0.15) is 0 Å². The highest BCUT2D eigenvalue weighted by atomic mass is 32.3. The zero-order chi connectivity index (χ0) is 8.36. The maximum Gasteiger partial charge on any atom is 0.553 e. The molecule has 0 aromatic rings. The van der Waals surface area contributed by atoms with Gasteiger partial charge in [0.05, 0.1) is 0 Å². The molecule has 58 valence electrons. The van der Waals surface area contributed by atoms with E-state index in [0.29, 0.717) is 0 Å². The molecule has 1 unspecified atom stereocenters. The monoisotopic (exact) mass is 179 g/mol. The van der Waals surface area contributed by atoms with Crippen molar-refractivity contribution >= 4 is 25.9 Å². The van der Waals surface area contributed by atoms with Crippen LogP contribution < -0.4 is 5.40 Å². The lowest BCUT2D eigenvalue weighted by Gasteiger charge is -2.11. The van der Waals surface area contributed by atoms with Crippen molar-refractivity contribution in [3.8, 4) is 0 Å². The Kier molecular flexibility index (Phi) is 3.10. The molecule has 0 aliphatic carbocycles. The van der Waals surface area contributed by atoms with Crippen molar-refractivity contribution < 1.29 is 14.0 Å². The summed E-state index contributed by atoms with van der Waals surface area (Å²) in [4.78, 5) is 19.3. The summed E-state index contributed by atoms with van der Waals surface area (Å²) in [7, 11) is -3.50. The highest BCUT2D eigenvalue weighted by Gasteiger charge is 2.28. The number of nitrogens with two attached hydrogens (primary N) is 1. The highest BCUT2D eigenvalue weighted by Crippen LogP contribution is 2.01. The summed E-state index contributed by atoms with van der Waals surface area (Å²) in [6.07, 6.45) is 0. The summed E-state index contributed by atoms with van der Waals surface area (Å²) in [5.41, 5.74) is 0.186. The Labute approximate surface area is 65.1 Å². The zero-order valence-electron chi connectivity index (χ0n) is 5.50. The molecule has 0 amide bonds. The third-order valence-corrected chi connectivity index (χ3v) is 1.35. The van der Waals surface area contributed by atoms with Crippen LogP contribution in [0.3, 0.4) is 0 Å². The maximum atomic E-state index is 10.6. The van der Waals surface area contributed by atoms with Crippen LogP contribution in [0.4, 0.5) is 0 Å². The van der Waals surface area contributed by atoms with Crippen molar-refractivity contribution in [3.05, 3.63) is 12.2 Å². The van der Waals surface area contributed by atoms with Gasteiger partial charge in [0.2, 0.25) is 0 Å². The molecule has 0 spiro atoms. The van der Waals surface area contributed by atoms with E-state index in [0.717, 1.165) is 0 Å². The lowest BCUT2D eigenvalue weighted by Crippen LogP contribution is -2.45. The number of carbonyl (C=O) groups excluding carboxylic acids is 1. The molecule has 0 radical (unpaired) electrons. The highest BCUT2D eigenvalue weighted by molar-refractivity contribution is 8.12. The summed E-state index contributed by atoms with van der Waals surface area (Å²) in [6, 6.07) is 0. The minimum absolute atomic E-state index is 0.186. The fourth-order valence-electron chi connectivity index (χ4n) is 0.224. The van der Waals surface area contributed by atoms with Crippen LogP contribution >= 0.6 is 12.1 Å². The van der Waals surface area contributed by atoms with Gasteiger partial charge >= 0.3 is 13.8 Å². The van der Waals surface area contributed by atoms with E-state index < -0.39 is 13.8 Å². The fraction of sp³-hybridized carbons (Fsp3) is 0.250. The Morgan fingerprint density at radius 2 is 2.30 bits per heavy atom. The first-order valence-electron chi connectivity index (χ1n) is 2.45. The third-order valence-electron chi connectivity index (χ3n) is 0.591. The van der Waals surface area contributed by atoms with Crippen LogP contribution in [0, 0.1) is 0 Å². The minimum atomic E-state index is -3.50. The van der Waals surface area contributed by atoms with E-state index in [4.69, 9.17) is 10.2 Å². The van der Waals surface area contributed by atoms with Gasteiger partial charge in [-0.15, -0.1) is 12.1 Å². The molecule has 0 fully saturated rings. The summed E-state index contributed by atoms with van der Waals surface area (Å²) < 4.78 is 4.30. The summed E-state index contributed by atoms with van der Waals surface area (Å²) in [6.45, 7) is 4.74. The van der Waals surface area contributed by atoms with E-state index in [2.05, 4.69) is 23.1 Å². The minimum Gasteiger partial charge on any atom is -0.471 e. The summed E-state index contributed by atoms with van der Waals surface area (Å²) in [5.74, 6) is -0.716. The average Bonchev–Trinajstić information content (AvgIpc) is 1.60. The number of rotatable bonds is 2. The van der Waals surface area contributed by atoms with Crippen LogP contribution in [0.25, 0.3) is 0 Å². The Hall–Kier alpha value is -0.303. The molecule has 0 aliphatic heterocycles. The molecule has 0 bridgehead atoms. The molecule has 0 aromatic heterocycles. The van der Waals surface area contributed by atoms with Gasteiger partial charge in [0.1, 0.15) is 0 Å². The van der Waals surface area contributed by atoms with Crippen LogP contribution in [0.15, 0.2) is 12.2 Å². The number of carbonyl (C=O) groups is 1. The number of thiol groups is 1. The van der Waals surface area contributed by atoms with E-state index in [1.165, 1.54) is 6.92 Å². The van der Waals surface area contributed by atoms with Crippen LogP contribution in [0.2, 0.25) is 0 Å². The van der Waals surface area contributed by atoms with E-state index >= 15 is 0 Å². The second kappa shape index (κ2) is 3.20. The quantitative estimate of drug-likeness (QED) is 0.301. The Morgan fingerprint density at radius 3 is 2.40 bits per heavy atom. The van der Waals surface area contributed by atoms with E-state index in [1.54, 1.807) is 0 Å². The molecule has 0 aromatic carbocycles. The van der Waals surface area contributed by atoms with Gasteiger partial charge in [-0.25, -0.2) is 4.79 Å². The van der Waals surface area contributed by atoms with Crippen molar-refractivity contribution in [2.75, 3.05) is 0 Å². The van der Waals surface area contributed by atoms with Crippen molar-refractivity contribution in [2.24, 2.45) is 5.40 Å². The van der Waals surface area contributed by atoms with Crippen LogP contribution in [0.5, 0.6) is 0 Å². The molecule has 4 nitrogen and oxygen atoms in total. The Balaban J connectivity index is 3.93. The van der Waals surface area contributed by atoms with Gasteiger partial charge in [-0.05, 0) is 6.92 Å². The molecule has 0 saturated heterocycles. The maximum absolute atomic E-state index is 10.6. The van der Waals surface area contributed by atoms with Gasteiger partial charge in [0.25, 0.3) is 0 Å². The standard InChI is InChI=1S/C4H9NO3SSi/c1-3(2)4(6)8-10(5,7)9/h7,9H,1,5H2,2H3. The van der Waals surface area contributed by atoms with Gasteiger partial charge in [-0.3, -0.25) is 5.40 Å². The first kappa shape index (κ1) is 9.70. The van der Waals surface area contributed by atoms with Gasteiger partial charge in [-0.1, -0.05) is 6.58 Å². The molecule has 3 N–H and O–H groups in total. The Bertz CT molecular complexity index is 164. The largest absolute Gasteiger partial charge is 0.553 e. The first-order chi connectivity index (χ1) is 4.33. The molecule has 0 aliphatic rings. The number of hydrogen-bond acceptors (Lipinski definition) is 5. The van der Waals surface area contributed by atoms with Gasteiger partial charge < -0.3 is 9.22 Å². The van der Waals surface area contributed by atoms with Gasteiger partial charge in [0.15, 0.2) is 0 Å². The van der Waals surface area contributed by atoms with E-state index in [1.807, 2.05) is 0 Å². The average molecular weight is 179 g/mol. The molecule has 0 saturated carbocycles. The van der Waals surface area contributed by atoms with Crippen LogP contribution in [-0.2, 0) is 9.22 Å². The van der Waals surface area contributed by atoms with Crippen molar-refractivity contribution in [1.29, 1.82) is 0 Å². The lowest BCUT2D eigenvalue weighted by molar-refractivity contribution is -0.131. The van der Waals surface area contributed by atoms with Crippen molar-refractivity contribution in [1.82, 2.24) is 0 Å². The van der Waals surface area contributed by atoms with E-state index in [-0.39, 0.29) is 5.57 Å². The molecule has 1 atom stereocenters. The van der Waals surface area contributed by atoms with Crippen LogP contribution in [-0.4, -0.2) is 18.6 Å². The normalized spacial score (nSPS) is 15.6. The SMILES string of the molecule is C=C(C)C(=O)O[Si](N)(O)S. The molecule has 0 heterocycles. The predicted octanol–water partition coefficient (Wildman–Crippen LogP) is -0.578. The van der Waals surface area contributed by atoms with Crippen molar-refractivity contribution in [3.63, 3.8) is 0 Å². The van der Waals surface area contributed by atoms with E-state index in [9.17, 15) is 4.79 Å². The molecular formula is C4H9NO3SSi. The topological polar surface area (TPSA) is 72.5 Å². The third kappa shape index (κ3) is 4.56. The second-order valence-electron chi connectivity index (χ2n) is 1.83. The Morgan fingerprint density at radius 1 is 1.90 bits per heavy atom. The van der Waals surface area contributed by atoms with Crippen LogP contribution in [0.1, 0.15) is 6.92 Å². The van der Waals surface area contributed by atoms with Gasteiger partial charge in [0, 0.05) is 5.57 Å².